The number of methoxy groups -OCH3 is 3. The molecule has 1 aromatic rings. The van der Waals surface area contributed by atoms with E-state index in [1.807, 2.05) is 6.07 Å². The lowest BCUT2D eigenvalue weighted by atomic mass is 10.1. The third-order valence-corrected chi connectivity index (χ3v) is 2.33. The van der Waals surface area contributed by atoms with Crippen molar-refractivity contribution >= 4 is 5.57 Å². The summed E-state index contributed by atoms with van der Waals surface area (Å²) in [7, 11) is 4.72. The summed E-state index contributed by atoms with van der Waals surface area (Å²) in [4.78, 5) is 0. The van der Waals surface area contributed by atoms with Crippen LogP contribution < -0.4 is 19.9 Å². The van der Waals surface area contributed by atoms with Gasteiger partial charge in [-0.3, -0.25) is 0 Å². The Morgan fingerprint density at radius 2 is 1.75 bits per heavy atom. The van der Waals surface area contributed by atoms with Crippen molar-refractivity contribution in [3.8, 4) is 17.2 Å². The zero-order valence-electron chi connectivity index (χ0n) is 9.87. The summed E-state index contributed by atoms with van der Waals surface area (Å²) in [5, 5.41) is 0. The first-order chi connectivity index (χ1) is 7.69. The Bertz CT molecular complexity index is 388. The standard InChI is InChI=1S/C12H17NO3/c1-8(7-13)9-5-6-10(14-2)12(16-4)11(9)15-3/h5-6H,1,7,13H2,2-4H3. The van der Waals surface area contributed by atoms with Gasteiger partial charge in [0, 0.05) is 12.1 Å². The van der Waals surface area contributed by atoms with Crippen LogP contribution in [0.25, 0.3) is 5.57 Å². The molecular formula is C12H17NO3. The third-order valence-electron chi connectivity index (χ3n) is 2.33. The molecule has 0 fully saturated rings. The average molecular weight is 223 g/mol. The highest BCUT2D eigenvalue weighted by Gasteiger charge is 2.16. The van der Waals surface area contributed by atoms with Crippen LogP contribution in [0.3, 0.4) is 0 Å². The fourth-order valence-corrected chi connectivity index (χ4v) is 1.49. The molecule has 0 radical (unpaired) electrons. The summed E-state index contributed by atoms with van der Waals surface area (Å²) in [5.74, 6) is 1.77. The Labute approximate surface area is 95.6 Å². The molecule has 0 unspecified atom stereocenters. The van der Waals surface area contributed by atoms with Crippen molar-refractivity contribution in [2.45, 2.75) is 0 Å². The van der Waals surface area contributed by atoms with Crippen LogP contribution >= 0.6 is 0 Å². The summed E-state index contributed by atoms with van der Waals surface area (Å²) in [5.41, 5.74) is 7.19. The molecule has 0 saturated carbocycles. The lowest BCUT2D eigenvalue weighted by Gasteiger charge is -2.16. The first kappa shape index (κ1) is 12.4. The summed E-state index contributed by atoms with van der Waals surface area (Å²) < 4.78 is 15.8. The molecule has 1 aromatic carbocycles. The molecule has 0 aliphatic rings. The molecule has 0 bridgehead atoms. The maximum absolute atomic E-state index is 5.56. The van der Waals surface area contributed by atoms with Crippen molar-refractivity contribution in [2.24, 2.45) is 5.73 Å². The van der Waals surface area contributed by atoms with Gasteiger partial charge in [0.2, 0.25) is 5.75 Å². The van der Waals surface area contributed by atoms with Crippen LogP contribution in [-0.4, -0.2) is 27.9 Å². The molecule has 0 amide bonds. The monoisotopic (exact) mass is 223 g/mol. The van der Waals surface area contributed by atoms with Gasteiger partial charge in [-0.15, -0.1) is 0 Å². The fourth-order valence-electron chi connectivity index (χ4n) is 1.49. The molecule has 0 aromatic heterocycles. The van der Waals surface area contributed by atoms with Gasteiger partial charge in [-0.05, 0) is 17.7 Å². The molecule has 0 aliphatic heterocycles. The van der Waals surface area contributed by atoms with Crippen LogP contribution in [0.4, 0.5) is 0 Å². The van der Waals surface area contributed by atoms with Crippen LogP contribution in [0.1, 0.15) is 5.56 Å². The maximum Gasteiger partial charge on any atom is 0.203 e. The Morgan fingerprint density at radius 3 is 2.19 bits per heavy atom. The normalized spacial score (nSPS) is 9.75. The number of ether oxygens (including phenoxy) is 3. The molecule has 0 atom stereocenters. The second kappa shape index (κ2) is 5.42. The van der Waals surface area contributed by atoms with Crippen molar-refractivity contribution < 1.29 is 14.2 Å². The molecule has 4 nitrogen and oxygen atoms in total. The van der Waals surface area contributed by atoms with Gasteiger partial charge in [0.1, 0.15) is 0 Å². The molecule has 4 heteroatoms. The first-order valence-electron chi connectivity index (χ1n) is 4.86. The van der Waals surface area contributed by atoms with Crippen LogP contribution in [0.2, 0.25) is 0 Å². The van der Waals surface area contributed by atoms with Crippen molar-refractivity contribution in [1.82, 2.24) is 0 Å². The molecule has 0 aliphatic carbocycles. The SMILES string of the molecule is C=C(CN)c1ccc(OC)c(OC)c1OC. The molecule has 0 saturated heterocycles. The quantitative estimate of drug-likeness (QED) is 0.825. The second-order valence-electron chi connectivity index (χ2n) is 3.19. The van der Waals surface area contributed by atoms with Crippen LogP contribution in [0.15, 0.2) is 18.7 Å². The second-order valence-corrected chi connectivity index (χ2v) is 3.19. The van der Waals surface area contributed by atoms with Crippen LogP contribution in [0, 0.1) is 0 Å². The molecule has 88 valence electrons. The number of hydrogen-bond acceptors (Lipinski definition) is 4. The third kappa shape index (κ3) is 2.12. The Hall–Kier alpha value is -1.68. The van der Waals surface area contributed by atoms with Gasteiger partial charge in [-0.1, -0.05) is 6.58 Å². The predicted octanol–water partition coefficient (Wildman–Crippen LogP) is 1.68. The van der Waals surface area contributed by atoms with Crippen molar-refractivity contribution in [1.29, 1.82) is 0 Å². The van der Waals surface area contributed by atoms with E-state index in [9.17, 15) is 0 Å². The van der Waals surface area contributed by atoms with Gasteiger partial charge in [0.05, 0.1) is 21.3 Å². The van der Waals surface area contributed by atoms with Crippen molar-refractivity contribution in [3.63, 3.8) is 0 Å². The minimum Gasteiger partial charge on any atom is -0.493 e. The Kier molecular flexibility index (Phi) is 4.19. The highest BCUT2D eigenvalue weighted by Crippen LogP contribution is 2.41. The zero-order chi connectivity index (χ0) is 12.1. The van der Waals surface area contributed by atoms with Crippen LogP contribution in [0.5, 0.6) is 17.2 Å². The largest absolute Gasteiger partial charge is 0.493 e. The van der Waals surface area contributed by atoms with E-state index in [-0.39, 0.29) is 0 Å². The highest BCUT2D eigenvalue weighted by molar-refractivity contribution is 5.74. The van der Waals surface area contributed by atoms with Gasteiger partial charge in [-0.2, -0.15) is 0 Å². The van der Waals surface area contributed by atoms with Gasteiger partial charge in [-0.25, -0.2) is 0 Å². The highest BCUT2D eigenvalue weighted by atomic mass is 16.5. The lowest BCUT2D eigenvalue weighted by molar-refractivity contribution is 0.324. The van der Waals surface area contributed by atoms with E-state index in [2.05, 4.69) is 6.58 Å². The van der Waals surface area contributed by atoms with Crippen molar-refractivity contribution in [2.75, 3.05) is 27.9 Å². The molecule has 16 heavy (non-hydrogen) atoms. The van der Waals surface area contributed by atoms with E-state index in [4.69, 9.17) is 19.9 Å². The number of hydrogen-bond donors (Lipinski definition) is 1. The summed E-state index contributed by atoms with van der Waals surface area (Å²) >= 11 is 0. The van der Waals surface area contributed by atoms with E-state index >= 15 is 0 Å². The zero-order valence-corrected chi connectivity index (χ0v) is 9.87. The summed E-state index contributed by atoms with van der Waals surface area (Å²) in [6.07, 6.45) is 0. The topological polar surface area (TPSA) is 53.7 Å². The minimum absolute atomic E-state index is 0.367. The van der Waals surface area contributed by atoms with E-state index in [0.29, 0.717) is 23.8 Å². The first-order valence-corrected chi connectivity index (χ1v) is 4.86. The fraction of sp³-hybridized carbons (Fsp3) is 0.333. The molecule has 2 N–H and O–H groups in total. The molecule has 1 rings (SSSR count). The molecule has 0 spiro atoms. The predicted molar refractivity (Wildman–Crippen MR) is 64.2 cm³/mol. The smallest absolute Gasteiger partial charge is 0.203 e. The van der Waals surface area contributed by atoms with Gasteiger partial charge < -0.3 is 19.9 Å². The number of nitrogens with two attached hydrogens (primary N) is 1. The van der Waals surface area contributed by atoms with Crippen molar-refractivity contribution in [3.05, 3.63) is 24.3 Å². The van der Waals surface area contributed by atoms with E-state index in [0.717, 1.165) is 11.1 Å². The van der Waals surface area contributed by atoms with E-state index in [1.54, 1.807) is 27.4 Å². The maximum atomic E-state index is 5.56. The summed E-state index contributed by atoms with van der Waals surface area (Å²) in [6, 6.07) is 3.66. The number of rotatable bonds is 5. The molecule has 0 heterocycles. The lowest BCUT2D eigenvalue weighted by Crippen LogP contribution is -2.04. The van der Waals surface area contributed by atoms with Crippen LogP contribution in [-0.2, 0) is 0 Å². The van der Waals surface area contributed by atoms with Gasteiger partial charge >= 0.3 is 0 Å². The van der Waals surface area contributed by atoms with E-state index in [1.165, 1.54) is 0 Å². The summed E-state index contributed by atoms with van der Waals surface area (Å²) in [6.45, 7) is 4.25. The Morgan fingerprint density at radius 1 is 1.12 bits per heavy atom. The Balaban J connectivity index is 3.37. The molecular weight excluding hydrogens is 206 g/mol. The van der Waals surface area contributed by atoms with Gasteiger partial charge in [0.25, 0.3) is 0 Å². The minimum atomic E-state index is 0.367. The number of benzene rings is 1. The average Bonchev–Trinajstić information content (AvgIpc) is 2.35. The van der Waals surface area contributed by atoms with Gasteiger partial charge in [0.15, 0.2) is 11.5 Å². The van der Waals surface area contributed by atoms with E-state index < -0.39 is 0 Å².